The molecule has 0 aliphatic carbocycles. The molecule has 0 saturated heterocycles. The summed E-state index contributed by atoms with van der Waals surface area (Å²) in [5.41, 5.74) is -4.66. The van der Waals surface area contributed by atoms with Gasteiger partial charge in [0.2, 0.25) is 0 Å². The molecule has 0 heterocycles. The molecule has 1 aromatic rings. The number of benzene rings is 1. The smallest absolute Gasteiger partial charge is 0.337 e. The first-order chi connectivity index (χ1) is 10.1. The molecule has 11 heteroatoms. The molecular formula is C11H12F3N3O4S. The van der Waals surface area contributed by atoms with Crippen LogP contribution in [-0.4, -0.2) is 33.0 Å². The standard InChI is InChI=1S/C11H12F3N3O4S/c1-7-8(3-2-4-9(7)17(19)20)16-10(18)15-5-6-22(21)11(12,13)14/h2-4H,5-6H2,1H3,(H2,15,16,18)/t22-/m0/s1. The lowest BCUT2D eigenvalue weighted by molar-refractivity contribution is -0.385. The maximum Gasteiger partial charge on any atom is 0.471 e. The molecule has 0 aliphatic heterocycles. The molecule has 0 unspecified atom stereocenters. The van der Waals surface area contributed by atoms with Crippen LogP contribution in [0.25, 0.3) is 0 Å². The zero-order valence-corrected chi connectivity index (χ0v) is 12.1. The molecule has 0 fully saturated rings. The number of nitrogens with one attached hydrogen (secondary N) is 2. The minimum absolute atomic E-state index is 0.156. The van der Waals surface area contributed by atoms with Crippen molar-refractivity contribution in [3.63, 3.8) is 0 Å². The van der Waals surface area contributed by atoms with Crippen LogP contribution < -0.4 is 10.6 Å². The van der Waals surface area contributed by atoms with E-state index in [0.717, 1.165) is 0 Å². The molecule has 0 saturated carbocycles. The quantitative estimate of drug-likeness (QED) is 0.635. The van der Waals surface area contributed by atoms with Gasteiger partial charge in [-0.2, -0.15) is 13.2 Å². The second kappa shape index (κ2) is 7.20. The van der Waals surface area contributed by atoms with Crippen molar-refractivity contribution in [2.75, 3.05) is 17.6 Å². The number of nitrogens with zero attached hydrogens (tertiary/aromatic N) is 1. The summed E-state index contributed by atoms with van der Waals surface area (Å²) >= 11 is 0. The SMILES string of the molecule is Cc1c(NC(=O)NCC[S@](=O)C(F)(F)F)cccc1[N+](=O)[O-]. The Kier molecular flexibility index (Phi) is 5.85. The second-order valence-corrected chi connectivity index (χ2v) is 5.65. The number of carbonyl (C=O) groups is 1. The van der Waals surface area contributed by atoms with Crippen LogP contribution in [0.3, 0.4) is 0 Å². The number of nitro groups is 1. The van der Waals surface area contributed by atoms with E-state index in [4.69, 9.17) is 0 Å². The van der Waals surface area contributed by atoms with Gasteiger partial charge in [0.05, 0.1) is 16.2 Å². The highest BCUT2D eigenvalue weighted by Crippen LogP contribution is 2.24. The fourth-order valence-corrected chi connectivity index (χ4v) is 2.02. The van der Waals surface area contributed by atoms with Crippen molar-refractivity contribution in [1.82, 2.24) is 5.32 Å². The number of amides is 2. The minimum Gasteiger partial charge on any atom is -0.337 e. The third-order valence-electron chi connectivity index (χ3n) is 2.58. The van der Waals surface area contributed by atoms with Crippen LogP contribution in [0.1, 0.15) is 5.56 Å². The molecule has 1 rings (SSSR count). The molecule has 0 radical (unpaired) electrons. The van der Waals surface area contributed by atoms with E-state index in [0.29, 0.717) is 0 Å². The Morgan fingerprint density at radius 3 is 2.59 bits per heavy atom. The van der Waals surface area contributed by atoms with Gasteiger partial charge in [0.1, 0.15) is 10.8 Å². The first-order valence-corrected chi connectivity index (χ1v) is 7.19. The number of hydrogen-bond donors (Lipinski definition) is 2. The lowest BCUT2D eigenvalue weighted by Gasteiger charge is -2.10. The Morgan fingerprint density at radius 1 is 1.41 bits per heavy atom. The summed E-state index contributed by atoms with van der Waals surface area (Å²) in [5.74, 6) is -0.773. The Balaban J connectivity index is 2.58. The zero-order valence-electron chi connectivity index (χ0n) is 11.3. The Bertz CT molecular complexity index is 607. The third kappa shape index (κ3) is 4.98. The summed E-state index contributed by atoms with van der Waals surface area (Å²) in [6.07, 6.45) is 0. The number of alkyl halides is 3. The van der Waals surface area contributed by atoms with Crippen molar-refractivity contribution in [3.05, 3.63) is 33.9 Å². The number of carbonyl (C=O) groups excluding carboxylic acids is 1. The van der Waals surface area contributed by atoms with Gasteiger partial charge in [-0.05, 0) is 13.0 Å². The summed E-state index contributed by atoms with van der Waals surface area (Å²) in [6, 6.07) is 3.18. The number of hydrogen-bond acceptors (Lipinski definition) is 4. The van der Waals surface area contributed by atoms with Crippen LogP contribution in [-0.2, 0) is 10.8 Å². The highest BCUT2D eigenvalue weighted by molar-refractivity contribution is 7.85. The van der Waals surface area contributed by atoms with Crippen molar-refractivity contribution in [1.29, 1.82) is 0 Å². The van der Waals surface area contributed by atoms with Gasteiger partial charge < -0.3 is 10.6 Å². The summed E-state index contributed by atoms with van der Waals surface area (Å²) in [5, 5.41) is 15.1. The Hall–Kier alpha value is -2.17. The van der Waals surface area contributed by atoms with E-state index in [1.807, 2.05) is 0 Å². The molecule has 0 bridgehead atoms. The lowest BCUT2D eigenvalue weighted by Crippen LogP contribution is -2.34. The van der Waals surface area contributed by atoms with Gasteiger partial charge in [-0.25, -0.2) is 4.79 Å². The largest absolute Gasteiger partial charge is 0.471 e. The maximum atomic E-state index is 12.0. The summed E-state index contributed by atoms with van der Waals surface area (Å²) < 4.78 is 46.7. The molecule has 0 spiro atoms. The van der Waals surface area contributed by atoms with Crippen LogP contribution in [0.15, 0.2) is 18.2 Å². The molecule has 1 aromatic carbocycles. The summed E-state index contributed by atoms with van der Waals surface area (Å²) in [7, 11) is -3.05. The van der Waals surface area contributed by atoms with Crippen molar-refractivity contribution < 1.29 is 27.1 Å². The number of rotatable bonds is 5. The number of anilines is 1. The molecule has 0 aromatic heterocycles. The molecule has 7 nitrogen and oxygen atoms in total. The van der Waals surface area contributed by atoms with Crippen LogP contribution >= 0.6 is 0 Å². The summed E-state index contributed by atoms with van der Waals surface area (Å²) in [6.45, 7) is 0.971. The Labute approximate surface area is 125 Å². The first kappa shape index (κ1) is 17.9. The highest BCUT2D eigenvalue weighted by Gasteiger charge is 2.36. The van der Waals surface area contributed by atoms with Crippen molar-refractivity contribution >= 4 is 28.2 Å². The van der Waals surface area contributed by atoms with Crippen molar-refractivity contribution in [2.45, 2.75) is 12.4 Å². The van der Waals surface area contributed by atoms with E-state index in [1.54, 1.807) is 0 Å². The maximum absolute atomic E-state index is 12.0. The normalized spacial score (nSPS) is 12.5. The van der Waals surface area contributed by atoms with E-state index >= 15 is 0 Å². The third-order valence-corrected chi connectivity index (χ3v) is 3.67. The van der Waals surface area contributed by atoms with Gasteiger partial charge in [-0.1, -0.05) is 6.07 Å². The molecule has 0 aliphatic rings. The van der Waals surface area contributed by atoms with E-state index in [2.05, 4.69) is 10.6 Å². The molecule has 2 N–H and O–H groups in total. The van der Waals surface area contributed by atoms with Gasteiger partial charge in [-0.3, -0.25) is 14.3 Å². The van der Waals surface area contributed by atoms with Gasteiger partial charge in [0.15, 0.2) is 0 Å². The minimum atomic E-state index is -4.82. The second-order valence-electron chi connectivity index (χ2n) is 4.08. The van der Waals surface area contributed by atoms with Crippen molar-refractivity contribution in [2.24, 2.45) is 0 Å². The van der Waals surface area contributed by atoms with Gasteiger partial charge in [0.25, 0.3) is 5.69 Å². The monoisotopic (exact) mass is 339 g/mol. The molecule has 122 valence electrons. The van der Waals surface area contributed by atoms with E-state index in [9.17, 15) is 32.3 Å². The molecule has 1 atom stereocenters. The predicted molar refractivity (Wildman–Crippen MR) is 73.9 cm³/mol. The number of halogens is 3. The van der Waals surface area contributed by atoms with Crippen LogP contribution in [0.4, 0.5) is 29.3 Å². The number of urea groups is 1. The fourth-order valence-electron chi connectivity index (χ4n) is 1.50. The van der Waals surface area contributed by atoms with E-state index < -0.39 is 39.6 Å². The van der Waals surface area contributed by atoms with E-state index in [1.165, 1.54) is 25.1 Å². The van der Waals surface area contributed by atoms with Gasteiger partial charge in [-0.15, -0.1) is 0 Å². The lowest BCUT2D eigenvalue weighted by atomic mass is 10.1. The first-order valence-electron chi connectivity index (χ1n) is 5.87. The van der Waals surface area contributed by atoms with Crippen LogP contribution in [0.2, 0.25) is 0 Å². The molecule has 22 heavy (non-hydrogen) atoms. The fraction of sp³-hybridized carbons (Fsp3) is 0.364. The molecule has 2 amide bonds. The van der Waals surface area contributed by atoms with Crippen molar-refractivity contribution in [3.8, 4) is 0 Å². The van der Waals surface area contributed by atoms with Gasteiger partial charge in [0, 0.05) is 18.4 Å². The summed E-state index contributed by atoms with van der Waals surface area (Å²) in [4.78, 5) is 21.6. The predicted octanol–water partition coefficient (Wildman–Crippen LogP) is 2.29. The van der Waals surface area contributed by atoms with Crippen LogP contribution in [0.5, 0.6) is 0 Å². The average Bonchev–Trinajstić information content (AvgIpc) is 2.39. The topological polar surface area (TPSA) is 101 Å². The average molecular weight is 339 g/mol. The van der Waals surface area contributed by atoms with Gasteiger partial charge >= 0.3 is 11.5 Å². The number of nitro benzene ring substituents is 1. The van der Waals surface area contributed by atoms with E-state index in [-0.39, 0.29) is 16.9 Å². The highest BCUT2D eigenvalue weighted by atomic mass is 32.2. The Morgan fingerprint density at radius 2 is 2.05 bits per heavy atom. The zero-order chi connectivity index (χ0) is 16.9. The molecular weight excluding hydrogens is 327 g/mol. The van der Waals surface area contributed by atoms with Crippen LogP contribution in [0, 0.1) is 17.0 Å².